The summed E-state index contributed by atoms with van der Waals surface area (Å²) in [5.41, 5.74) is 1.53. The number of nitrogens with zero attached hydrogens (tertiary/aromatic N) is 1. The molecule has 0 bridgehead atoms. The molecule has 2 aromatic carbocycles. The Morgan fingerprint density at radius 2 is 1.67 bits per heavy atom. The first-order chi connectivity index (χ1) is 13.1. The molecule has 0 spiro atoms. The van der Waals surface area contributed by atoms with Crippen molar-refractivity contribution in [2.45, 2.75) is 32.3 Å². The predicted molar refractivity (Wildman–Crippen MR) is 101 cm³/mol. The van der Waals surface area contributed by atoms with Gasteiger partial charge in [-0.1, -0.05) is 30.3 Å². The molecule has 0 aromatic heterocycles. The summed E-state index contributed by atoms with van der Waals surface area (Å²) in [6, 6.07) is 15.3. The van der Waals surface area contributed by atoms with Crippen molar-refractivity contribution in [3.63, 3.8) is 0 Å². The van der Waals surface area contributed by atoms with Crippen molar-refractivity contribution in [3.8, 4) is 0 Å². The van der Waals surface area contributed by atoms with Gasteiger partial charge in [0.25, 0.3) is 0 Å². The molecule has 27 heavy (non-hydrogen) atoms. The summed E-state index contributed by atoms with van der Waals surface area (Å²) in [6.07, 6.45) is 2.71. The summed E-state index contributed by atoms with van der Waals surface area (Å²) in [5.74, 6) is 0.130. The molecule has 0 N–H and O–H groups in total. The number of ether oxygens (including phenoxy) is 1. The van der Waals surface area contributed by atoms with Gasteiger partial charge in [0.05, 0.1) is 0 Å². The number of carbonyl (C=O) groups is 2. The van der Waals surface area contributed by atoms with Gasteiger partial charge >= 0.3 is 6.09 Å². The molecule has 1 aliphatic heterocycles. The van der Waals surface area contributed by atoms with Crippen LogP contribution in [-0.4, -0.2) is 29.9 Å². The fourth-order valence-corrected chi connectivity index (χ4v) is 3.33. The van der Waals surface area contributed by atoms with Crippen molar-refractivity contribution < 1.29 is 18.7 Å². The second-order valence-corrected chi connectivity index (χ2v) is 6.94. The van der Waals surface area contributed by atoms with E-state index in [1.54, 1.807) is 4.90 Å². The molecule has 5 heteroatoms. The summed E-state index contributed by atoms with van der Waals surface area (Å²) in [5, 5.41) is 0. The Morgan fingerprint density at radius 1 is 1.00 bits per heavy atom. The van der Waals surface area contributed by atoms with Gasteiger partial charge in [-0.05, 0) is 55.0 Å². The van der Waals surface area contributed by atoms with Crippen LogP contribution in [0.5, 0.6) is 0 Å². The van der Waals surface area contributed by atoms with Crippen molar-refractivity contribution in [1.29, 1.82) is 0 Å². The Kier molecular flexibility index (Phi) is 6.58. The van der Waals surface area contributed by atoms with Crippen LogP contribution < -0.4 is 0 Å². The number of likely N-dealkylation sites (tertiary alicyclic amines) is 1. The average Bonchev–Trinajstić information content (AvgIpc) is 2.72. The normalized spacial score (nSPS) is 14.8. The van der Waals surface area contributed by atoms with E-state index in [0.29, 0.717) is 31.0 Å². The largest absolute Gasteiger partial charge is 0.445 e. The topological polar surface area (TPSA) is 46.6 Å². The molecule has 1 heterocycles. The molecular formula is C22H24FNO3. The standard InChI is InChI=1S/C22H24FNO3/c23-20-9-7-19(8-10-20)21(25)11-6-17-12-14-24(15-13-17)22(26)27-16-18-4-2-1-3-5-18/h1-5,7-10,17H,6,11-16H2. The number of carbonyl (C=O) groups excluding carboxylic acids is 2. The van der Waals surface area contributed by atoms with Crippen LogP contribution in [-0.2, 0) is 11.3 Å². The number of Topliss-reactive ketones (excluding diaryl/α,β-unsaturated/α-hetero) is 1. The van der Waals surface area contributed by atoms with E-state index in [2.05, 4.69) is 0 Å². The zero-order chi connectivity index (χ0) is 19.1. The van der Waals surface area contributed by atoms with Crippen molar-refractivity contribution >= 4 is 11.9 Å². The molecule has 1 fully saturated rings. The first-order valence-electron chi connectivity index (χ1n) is 9.36. The van der Waals surface area contributed by atoms with Crippen molar-refractivity contribution in [2.75, 3.05) is 13.1 Å². The van der Waals surface area contributed by atoms with Crippen LogP contribution in [0.3, 0.4) is 0 Å². The molecule has 3 rings (SSSR count). The van der Waals surface area contributed by atoms with Gasteiger partial charge in [-0.15, -0.1) is 0 Å². The van der Waals surface area contributed by atoms with E-state index in [1.165, 1.54) is 24.3 Å². The summed E-state index contributed by atoms with van der Waals surface area (Å²) >= 11 is 0. The van der Waals surface area contributed by atoms with Crippen LogP contribution >= 0.6 is 0 Å². The lowest BCUT2D eigenvalue weighted by Gasteiger charge is -2.31. The van der Waals surface area contributed by atoms with Crippen LogP contribution in [0.4, 0.5) is 9.18 Å². The Balaban J connectivity index is 1.37. The van der Waals surface area contributed by atoms with Gasteiger partial charge in [-0.2, -0.15) is 0 Å². The second kappa shape index (κ2) is 9.31. The lowest BCUT2D eigenvalue weighted by molar-refractivity contribution is 0.0797. The van der Waals surface area contributed by atoms with Crippen LogP contribution in [0, 0.1) is 11.7 Å². The molecule has 0 unspecified atom stereocenters. The number of ketones is 1. The third-order valence-corrected chi connectivity index (χ3v) is 5.02. The first kappa shape index (κ1) is 19.1. The van der Waals surface area contributed by atoms with E-state index in [-0.39, 0.29) is 24.3 Å². The average molecular weight is 369 g/mol. The van der Waals surface area contributed by atoms with Crippen molar-refractivity contribution in [2.24, 2.45) is 5.92 Å². The Bertz CT molecular complexity index is 753. The minimum absolute atomic E-state index is 0.0414. The Hall–Kier alpha value is -2.69. The van der Waals surface area contributed by atoms with Gasteiger partial charge in [0.1, 0.15) is 12.4 Å². The van der Waals surface area contributed by atoms with E-state index < -0.39 is 0 Å². The highest BCUT2D eigenvalue weighted by Crippen LogP contribution is 2.23. The van der Waals surface area contributed by atoms with E-state index in [9.17, 15) is 14.0 Å². The zero-order valence-electron chi connectivity index (χ0n) is 15.3. The van der Waals surface area contributed by atoms with Gasteiger partial charge < -0.3 is 9.64 Å². The van der Waals surface area contributed by atoms with Gasteiger partial charge in [-0.25, -0.2) is 9.18 Å². The van der Waals surface area contributed by atoms with Gasteiger partial charge in [0, 0.05) is 25.1 Å². The Morgan fingerprint density at radius 3 is 2.33 bits per heavy atom. The van der Waals surface area contributed by atoms with Crippen molar-refractivity contribution in [3.05, 3.63) is 71.5 Å². The fraction of sp³-hybridized carbons (Fsp3) is 0.364. The summed E-state index contributed by atoms with van der Waals surface area (Å²) in [6.45, 7) is 1.60. The van der Waals surface area contributed by atoms with Gasteiger partial charge in [0.2, 0.25) is 0 Å². The van der Waals surface area contributed by atoms with E-state index in [4.69, 9.17) is 4.74 Å². The number of hydrogen-bond donors (Lipinski definition) is 0. The van der Waals surface area contributed by atoms with Crippen LogP contribution in [0.2, 0.25) is 0 Å². The number of rotatable bonds is 6. The van der Waals surface area contributed by atoms with Gasteiger partial charge in [0.15, 0.2) is 5.78 Å². The first-order valence-corrected chi connectivity index (χ1v) is 9.36. The summed E-state index contributed by atoms with van der Waals surface area (Å²) in [4.78, 5) is 26.1. The SMILES string of the molecule is O=C(CCC1CCN(C(=O)OCc2ccccc2)CC1)c1ccc(F)cc1. The Labute approximate surface area is 158 Å². The quantitative estimate of drug-likeness (QED) is 0.685. The van der Waals surface area contributed by atoms with Gasteiger partial charge in [-0.3, -0.25) is 4.79 Å². The maximum Gasteiger partial charge on any atom is 0.410 e. The molecule has 2 aromatic rings. The number of halogens is 1. The highest BCUT2D eigenvalue weighted by atomic mass is 19.1. The molecule has 4 nitrogen and oxygen atoms in total. The minimum Gasteiger partial charge on any atom is -0.445 e. The summed E-state index contributed by atoms with van der Waals surface area (Å²) in [7, 11) is 0. The smallest absolute Gasteiger partial charge is 0.410 e. The highest BCUT2D eigenvalue weighted by Gasteiger charge is 2.24. The minimum atomic E-state index is -0.335. The molecule has 1 saturated heterocycles. The fourth-order valence-electron chi connectivity index (χ4n) is 3.33. The molecule has 0 aliphatic carbocycles. The van der Waals surface area contributed by atoms with Crippen LogP contribution in [0.25, 0.3) is 0 Å². The van der Waals surface area contributed by atoms with Crippen LogP contribution in [0.15, 0.2) is 54.6 Å². The molecule has 1 amide bonds. The third-order valence-electron chi connectivity index (χ3n) is 5.02. The van der Waals surface area contributed by atoms with E-state index >= 15 is 0 Å². The molecular weight excluding hydrogens is 345 g/mol. The van der Waals surface area contributed by atoms with Crippen molar-refractivity contribution in [1.82, 2.24) is 4.90 Å². The maximum absolute atomic E-state index is 12.9. The zero-order valence-corrected chi connectivity index (χ0v) is 15.3. The third kappa shape index (κ3) is 5.64. The van der Waals surface area contributed by atoms with E-state index in [0.717, 1.165) is 24.8 Å². The van der Waals surface area contributed by atoms with E-state index in [1.807, 2.05) is 30.3 Å². The highest BCUT2D eigenvalue weighted by molar-refractivity contribution is 5.95. The number of amides is 1. The maximum atomic E-state index is 12.9. The number of hydrogen-bond acceptors (Lipinski definition) is 3. The summed E-state index contributed by atoms with van der Waals surface area (Å²) < 4.78 is 18.3. The molecule has 1 aliphatic rings. The molecule has 142 valence electrons. The monoisotopic (exact) mass is 369 g/mol. The predicted octanol–water partition coefficient (Wildman–Crippen LogP) is 4.84. The lowest BCUT2D eigenvalue weighted by atomic mass is 9.90. The molecule has 0 radical (unpaired) electrons. The lowest BCUT2D eigenvalue weighted by Crippen LogP contribution is -2.38. The number of benzene rings is 2. The number of piperidine rings is 1. The second-order valence-electron chi connectivity index (χ2n) is 6.94. The molecule has 0 saturated carbocycles. The van der Waals surface area contributed by atoms with Crippen LogP contribution in [0.1, 0.15) is 41.6 Å². The molecule has 0 atom stereocenters.